The van der Waals surface area contributed by atoms with E-state index < -0.39 is 0 Å². The fourth-order valence-electron chi connectivity index (χ4n) is 3.50. The summed E-state index contributed by atoms with van der Waals surface area (Å²) < 4.78 is 7.81. The summed E-state index contributed by atoms with van der Waals surface area (Å²) in [6.45, 7) is 4.95. The van der Waals surface area contributed by atoms with Gasteiger partial charge in [0, 0.05) is 49.7 Å². The summed E-state index contributed by atoms with van der Waals surface area (Å²) >= 11 is 0. The third-order valence-corrected chi connectivity index (χ3v) is 5.19. The highest BCUT2D eigenvalue weighted by Crippen LogP contribution is 2.35. The first-order valence-corrected chi connectivity index (χ1v) is 8.98. The summed E-state index contributed by atoms with van der Waals surface area (Å²) in [7, 11) is 0. The lowest BCUT2D eigenvalue weighted by Crippen LogP contribution is -2.48. The molecule has 1 unspecified atom stereocenters. The lowest BCUT2D eigenvalue weighted by molar-refractivity contribution is -0.0293. The third-order valence-electron chi connectivity index (χ3n) is 5.19. The van der Waals surface area contributed by atoms with Crippen LogP contribution in [0.1, 0.15) is 47.8 Å². The maximum absolute atomic E-state index is 12.4. The molecule has 0 spiro atoms. The van der Waals surface area contributed by atoms with E-state index in [0.29, 0.717) is 12.6 Å². The Kier molecular flexibility index (Phi) is 4.18. The first kappa shape index (κ1) is 15.8. The highest BCUT2D eigenvalue weighted by atomic mass is 16.5. The molecule has 2 saturated carbocycles. The molecule has 130 valence electrons. The molecular formula is C18H25N3O3. The first-order valence-electron chi connectivity index (χ1n) is 8.98. The maximum atomic E-state index is 12.4. The van der Waals surface area contributed by atoms with Crippen LogP contribution in [0.3, 0.4) is 0 Å². The quantitative estimate of drug-likeness (QED) is 0.877. The van der Waals surface area contributed by atoms with Crippen molar-refractivity contribution < 1.29 is 9.53 Å². The van der Waals surface area contributed by atoms with Gasteiger partial charge in [0.2, 0.25) is 0 Å². The van der Waals surface area contributed by atoms with Crippen LogP contribution < -0.4 is 10.7 Å². The topological polar surface area (TPSA) is 63.6 Å². The number of hydrogen-bond donors (Lipinski definition) is 1. The molecule has 1 atom stereocenters. The van der Waals surface area contributed by atoms with E-state index in [0.717, 1.165) is 44.3 Å². The lowest BCUT2D eigenvalue weighted by Gasteiger charge is -2.33. The van der Waals surface area contributed by atoms with Crippen molar-refractivity contribution in [3.05, 3.63) is 33.7 Å². The number of hydrogen-bond acceptors (Lipinski definition) is 4. The van der Waals surface area contributed by atoms with Gasteiger partial charge in [0.05, 0.1) is 12.7 Å². The van der Waals surface area contributed by atoms with E-state index in [1.54, 1.807) is 12.3 Å². The Labute approximate surface area is 141 Å². The minimum atomic E-state index is -0.290. The van der Waals surface area contributed by atoms with Gasteiger partial charge in [-0.2, -0.15) is 0 Å². The van der Waals surface area contributed by atoms with Gasteiger partial charge in [-0.05, 0) is 32.6 Å². The number of rotatable bonds is 5. The zero-order chi connectivity index (χ0) is 16.7. The molecule has 1 aliphatic heterocycles. The molecule has 1 amide bonds. The van der Waals surface area contributed by atoms with Gasteiger partial charge < -0.3 is 14.6 Å². The van der Waals surface area contributed by atoms with Gasteiger partial charge in [-0.15, -0.1) is 0 Å². The van der Waals surface area contributed by atoms with Crippen molar-refractivity contribution >= 4 is 5.91 Å². The second-order valence-corrected chi connectivity index (χ2v) is 7.26. The third kappa shape index (κ3) is 3.39. The van der Waals surface area contributed by atoms with Crippen molar-refractivity contribution in [3.63, 3.8) is 0 Å². The van der Waals surface area contributed by atoms with Crippen LogP contribution in [0.2, 0.25) is 0 Å². The summed E-state index contributed by atoms with van der Waals surface area (Å²) in [5, 5.41) is 2.89. The van der Waals surface area contributed by atoms with Gasteiger partial charge in [-0.1, -0.05) is 0 Å². The van der Waals surface area contributed by atoms with E-state index in [1.165, 1.54) is 12.8 Å². The number of morpholine rings is 1. The van der Waals surface area contributed by atoms with Crippen molar-refractivity contribution in [3.8, 4) is 0 Å². The molecule has 6 nitrogen and oxygen atoms in total. The minimum absolute atomic E-state index is 0.0133. The number of aryl methyl sites for hydroxylation is 1. The highest BCUT2D eigenvalue weighted by Gasteiger charge is 2.33. The van der Waals surface area contributed by atoms with Gasteiger partial charge in [0.15, 0.2) is 5.43 Å². The van der Waals surface area contributed by atoms with E-state index in [9.17, 15) is 9.59 Å². The van der Waals surface area contributed by atoms with E-state index in [1.807, 2.05) is 6.92 Å². The number of amides is 1. The molecule has 3 aliphatic rings. The summed E-state index contributed by atoms with van der Waals surface area (Å²) in [5.74, 6) is -0.290. The van der Waals surface area contributed by atoms with Crippen molar-refractivity contribution in [1.82, 2.24) is 14.8 Å². The Morgan fingerprint density at radius 1 is 1.29 bits per heavy atom. The fraction of sp³-hybridized carbons (Fsp3) is 0.667. The molecule has 1 saturated heterocycles. The number of carbonyl (C=O) groups excluding carboxylic acids is 1. The Morgan fingerprint density at radius 3 is 2.75 bits per heavy atom. The van der Waals surface area contributed by atoms with Gasteiger partial charge in [-0.25, -0.2) is 0 Å². The molecule has 6 heteroatoms. The van der Waals surface area contributed by atoms with E-state index in [-0.39, 0.29) is 23.0 Å². The zero-order valence-corrected chi connectivity index (χ0v) is 14.2. The van der Waals surface area contributed by atoms with Crippen molar-refractivity contribution in [2.45, 2.75) is 50.8 Å². The van der Waals surface area contributed by atoms with Crippen molar-refractivity contribution in [2.24, 2.45) is 0 Å². The van der Waals surface area contributed by atoms with Gasteiger partial charge in [0.25, 0.3) is 5.91 Å². The number of carbonyl (C=O) groups is 1. The summed E-state index contributed by atoms with van der Waals surface area (Å²) in [6.07, 6.45) is 6.55. The van der Waals surface area contributed by atoms with Crippen LogP contribution in [0.5, 0.6) is 0 Å². The second kappa shape index (κ2) is 6.33. The minimum Gasteiger partial charge on any atom is -0.374 e. The number of nitrogens with zero attached hydrogens (tertiary/aromatic N) is 2. The molecule has 2 aliphatic carbocycles. The SMILES string of the molecule is Cc1cc(=O)c(C(=O)NCC2CN(C3CC3)CCO2)cn1C1CC1. The number of aromatic nitrogens is 1. The largest absolute Gasteiger partial charge is 0.374 e. The van der Waals surface area contributed by atoms with E-state index in [4.69, 9.17) is 4.74 Å². The molecule has 1 aromatic heterocycles. The molecule has 0 aromatic carbocycles. The fourth-order valence-corrected chi connectivity index (χ4v) is 3.50. The summed E-state index contributed by atoms with van der Waals surface area (Å²) in [5.41, 5.74) is 0.961. The molecule has 1 aromatic rings. The highest BCUT2D eigenvalue weighted by molar-refractivity contribution is 5.93. The van der Waals surface area contributed by atoms with E-state index in [2.05, 4.69) is 14.8 Å². The number of pyridine rings is 1. The predicted molar refractivity (Wildman–Crippen MR) is 90.4 cm³/mol. The zero-order valence-electron chi connectivity index (χ0n) is 14.2. The van der Waals surface area contributed by atoms with Gasteiger partial charge in [0.1, 0.15) is 5.56 Å². The molecule has 2 heterocycles. The van der Waals surface area contributed by atoms with Crippen LogP contribution >= 0.6 is 0 Å². The van der Waals surface area contributed by atoms with Crippen LogP contribution in [0.15, 0.2) is 17.1 Å². The lowest BCUT2D eigenvalue weighted by atomic mass is 10.2. The molecule has 0 bridgehead atoms. The van der Waals surface area contributed by atoms with Crippen LogP contribution in [0.25, 0.3) is 0 Å². The molecule has 4 rings (SSSR count). The Balaban J connectivity index is 1.39. The number of ether oxygens (including phenoxy) is 1. The summed E-state index contributed by atoms with van der Waals surface area (Å²) in [6, 6.07) is 2.74. The molecular weight excluding hydrogens is 306 g/mol. The second-order valence-electron chi connectivity index (χ2n) is 7.26. The van der Waals surface area contributed by atoms with Gasteiger partial charge in [-0.3, -0.25) is 14.5 Å². The summed E-state index contributed by atoms with van der Waals surface area (Å²) in [4.78, 5) is 27.1. The van der Waals surface area contributed by atoms with Gasteiger partial charge >= 0.3 is 0 Å². The van der Waals surface area contributed by atoms with Crippen LogP contribution in [0.4, 0.5) is 0 Å². The number of nitrogens with one attached hydrogen (secondary N) is 1. The average Bonchev–Trinajstić information content (AvgIpc) is 3.46. The normalized spacial score (nSPS) is 24.8. The smallest absolute Gasteiger partial charge is 0.256 e. The molecule has 3 fully saturated rings. The average molecular weight is 331 g/mol. The van der Waals surface area contributed by atoms with Crippen LogP contribution in [0, 0.1) is 6.92 Å². The maximum Gasteiger partial charge on any atom is 0.256 e. The Hall–Kier alpha value is -1.66. The first-order chi connectivity index (χ1) is 11.6. The Bertz CT molecular complexity index is 691. The van der Waals surface area contributed by atoms with E-state index >= 15 is 0 Å². The van der Waals surface area contributed by atoms with Crippen LogP contribution in [-0.2, 0) is 4.74 Å². The molecule has 24 heavy (non-hydrogen) atoms. The standard InChI is InChI=1S/C18H25N3O3/c1-12-8-17(22)16(11-21(12)14-4-5-14)18(23)19-9-15-10-20(6-7-24-15)13-2-3-13/h8,11,13-15H,2-7,9-10H2,1H3,(H,19,23). The molecule has 1 N–H and O–H groups in total. The van der Waals surface area contributed by atoms with Crippen molar-refractivity contribution in [1.29, 1.82) is 0 Å². The van der Waals surface area contributed by atoms with Crippen molar-refractivity contribution in [2.75, 3.05) is 26.2 Å². The molecule has 0 radical (unpaired) electrons. The van der Waals surface area contributed by atoms with Crippen LogP contribution in [-0.4, -0.2) is 53.8 Å². The monoisotopic (exact) mass is 331 g/mol. The Morgan fingerprint density at radius 2 is 2.04 bits per heavy atom. The predicted octanol–water partition coefficient (Wildman–Crippen LogP) is 1.08.